The van der Waals surface area contributed by atoms with Crippen LogP contribution in [0, 0.1) is 5.92 Å². The largest absolute Gasteiger partial charge is 0.328 e. The number of hydrogen-bond donors (Lipinski definition) is 1. The summed E-state index contributed by atoms with van der Waals surface area (Å²) in [6, 6.07) is -0.295. The molecule has 2 aromatic heterocycles. The lowest BCUT2D eigenvalue weighted by Crippen LogP contribution is -2.40. The molecule has 25 heavy (non-hydrogen) atoms. The Balaban J connectivity index is 2.02. The second-order valence-electron chi connectivity index (χ2n) is 7.06. The SMILES string of the molecule is CC(C)C[C@@H](NC(=O)N(C)Cc1csc(C(C)C)n1)c1ncnn1C. The van der Waals surface area contributed by atoms with Gasteiger partial charge in [0.2, 0.25) is 0 Å². The Kier molecular flexibility index (Phi) is 6.52. The molecule has 1 N–H and O–H groups in total. The van der Waals surface area contributed by atoms with Crippen LogP contribution in [0.25, 0.3) is 0 Å². The molecule has 7 nitrogen and oxygen atoms in total. The first-order chi connectivity index (χ1) is 11.8. The van der Waals surface area contributed by atoms with Gasteiger partial charge in [0.05, 0.1) is 23.3 Å². The molecule has 0 aliphatic heterocycles. The van der Waals surface area contributed by atoms with Crippen molar-refractivity contribution in [2.45, 2.75) is 52.6 Å². The average Bonchev–Trinajstić information content (AvgIpc) is 3.15. The van der Waals surface area contributed by atoms with Gasteiger partial charge in [0, 0.05) is 25.4 Å². The summed E-state index contributed by atoms with van der Waals surface area (Å²) in [5, 5.41) is 10.3. The van der Waals surface area contributed by atoms with Crippen molar-refractivity contribution >= 4 is 17.4 Å². The van der Waals surface area contributed by atoms with Crippen LogP contribution in [-0.4, -0.2) is 37.7 Å². The maximum absolute atomic E-state index is 12.6. The van der Waals surface area contributed by atoms with Gasteiger partial charge in [0.15, 0.2) is 0 Å². The van der Waals surface area contributed by atoms with E-state index in [4.69, 9.17) is 0 Å². The van der Waals surface area contributed by atoms with Gasteiger partial charge in [-0.2, -0.15) is 5.10 Å². The van der Waals surface area contributed by atoms with Crippen molar-refractivity contribution in [3.05, 3.63) is 28.2 Å². The quantitative estimate of drug-likeness (QED) is 0.818. The molecule has 2 heterocycles. The van der Waals surface area contributed by atoms with Crippen LogP contribution >= 0.6 is 11.3 Å². The molecule has 0 bridgehead atoms. The molecule has 2 rings (SSSR count). The molecule has 8 heteroatoms. The second-order valence-corrected chi connectivity index (χ2v) is 7.95. The number of nitrogens with one attached hydrogen (secondary N) is 1. The number of hydrogen-bond acceptors (Lipinski definition) is 5. The lowest BCUT2D eigenvalue weighted by molar-refractivity contribution is 0.199. The van der Waals surface area contributed by atoms with E-state index >= 15 is 0 Å². The average molecular weight is 365 g/mol. The van der Waals surface area contributed by atoms with Crippen molar-refractivity contribution in [1.82, 2.24) is 30.0 Å². The molecule has 0 saturated carbocycles. The molecule has 2 aromatic rings. The van der Waals surface area contributed by atoms with Crippen LogP contribution in [0.2, 0.25) is 0 Å². The number of thiazole rings is 1. The minimum atomic E-state index is -0.163. The molecule has 0 unspecified atom stereocenters. The zero-order valence-electron chi connectivity index (χ0n) is 15.9. The summed E-state index contributed by atoms with van der Waals surface area (Å²) < 4.78 is 1.71. The van der Waals surface area contributed by atoms with Crippen LogP contribution in [0.1, 0.15) is 62.6 Å². The maximum Gasteiger partial charge on any atom is 0.318 e. The fraction of sp³-hybridized carbons (Fsp3) is 0.647. The Hall–Kier alpha value is -1.96. The van der Waals surface area contributed by atoms with Gasteiger partial charge >= 0.3 is 6.03 Å². The maximum atomic E-state index is 12.6. The van der Waals surface area contributed by atoms with E-state index in [1.165, 1.54) is 6.33 Å². The number of amides is 2. The molecule has 0 aromatic carbocycles. The van der Waals surface area contributed by atoms with Gasteiger partial charge in [-0.15, -0.1) is 11.3 Å². The number of aromatic nitrogens is 4. The van der Waals surface area contributed by atoms with E-state index in [0.717, 1.165) is 22.9 Å². The van der Waals surface area contributed by atoms with Crippen LogP contribution in [0.5, 0.6) is 0 Å². The lowest BCUT2D eigenvalue weighted by atomic mass is 10.0. The van der Waals surface area contributed by atoms with E-state index in [0.29, 0.717) is 18.4 Å². The summed E-state index contributed by atoms with van der Waals surface area (Å²) in [5.41, 5.74) is 0.922. The first-order valence-electron chi connectivity index (χ1n) is 8.57. The summed E-state index contributed by atoms with van der Waals surface area (Å²) in [6.07, 6.45) is 2.32. The van der Waals surface area contributed by atoms with Gasteiger partial charge in [-0.25, -0.2) is 14.8 Å². The Morgan fingerprint density at radius 3 is 2.60 bits per heavy atom. The van der Waals surface area contributed by atoms with Crippen molar-refractivity contribution in [1.29, 1.82) is 0 Å². The van der Waals surface area contributed by atoms with Crippen LogP contribution in [0.15, 0.2) is 11.7 Å². The zero-order valence-corrected chi connectivity index (χ0v) is 16.7. The van der Waals surface area contributed by atoms with Crippen LogP contribution in [0.3, 0.4) is 0 Å². The summed E-state index contributed by atoms with van der Waals surface area (Å²) in [6.45, 7) is 8.99. The normalized spacial score (nSPS) is 12.6. The van der Waals surface area contributed by atoms with Gasteiger partial charge in [-0.1, -0.05) is 27.7 Å². The first-order valence-corrected chi connectivity index (χ1v) is 9.45. The van der Waals surface area contributed by atoms with Crippen LogP contribution in [-0.2, 0) is 13.6 Å². The zero-order chi connectivity index (χ0) is 18.6. The molecule has 0 aliphatic rings. The third kappa shape index (κ3) is 5.26. The Labute approximate surface area is 153 Å². The number of rotatable bonds is 7. The number of nitrogens with zero attached hydrogens (tertiary/aromatic N) is 5. The minimum absolute atomic E-state index is 0.132. The van der Waals surface area contributed by atoms with Gasteiger partial charge in [0.25, 0.3) is 0 Å². The Morgan fingerprint density at radius 1 is 1.36 bits per heavy atom. The van der Waals surface area contributed by atoms with E-state index in [1.54, 1.807) is 28.0 Å². The first kappa shape index (κ1) is 19.4. The molecule has 0 radical (unpaired) electrons. The number of carbonyl (C=O) groups excluding carboxylic acids is 1. The highest BCUT2D eigenvalue weighted by Gasteiger charge is 2.22. The molecule has 2 amide bonds. The lowest BCUT2D eigenvalue weighted by Gasteiger charge is -2.24. The van der Waals surface area contributed by atoms with E-state index in [2.05, 4.69) is 48.1 Å². The molecule has 0 fully saturated rings. The topological polar surface area (TPSA) is 75.9 Å². The number of aryl methyl sites for hydroxylation is 1. The van der Waals surface area contributed by atoms with Crippen molar-refractivity contribution in [2.75, 3.05) is 7.05 Å². The molecule has 138 valence electrons. The summed E-state index contributed by atoms with van der Waals surface area (Å²) in [7, 11) is 3.63. The second kappa shape index (κ2) is 8.42. The highest BCUT2D eigenvalue weighted by molar-refractivity contribution is 7.09. The van der Waals surface area contributed by atoms with E-state index in [1.807, 2.05) is 12.4 Å². The number of urea groups is 1. The van der Waals surface area contributed by atoms with Crippen molar-refractivity contribution in [2.24, 2.45) is 13.0 Å². The van der Waals surface area contributed by atoms with Gasteiger partial charge in [0.1, 0.15) is 12.2 Å². The standard InChI is InChI=1S/C17H28N6OS/c1-11(2)7-14(15-18-10-19-23(15)6)21-17(24)22(5)8-13-9-25-16(20-13)12(3)4/h9-12,14H,7-8H2,1-6H3,(H,21,24)/t14-/m1/s1. The predicted octanol–water partition coefficient (Wildman–Crippen LogP) is 3.32. The Morgan fingerprint density at radius 2 is 2.08 bits per heavy atom. The summed E-state index contributed by atoms with van der Waals surface area (Å²) >= 11 is 1.64. The van der Waals surface area contributed by atoms with Crippen molar-refractivity contribution < 1.29 is 4.79 Å². The molecule has 0 saturated heterocycles. The molecule has 0 spiro atoms. The molecule has 0 aliphatic carbocycles. The van der Waals surface area contributed by atoms with Crippen LogP contribution < -0.4 is 5.32 Å². The number of carbonyl (C=O) groups is 1. The van der Waals surface area contributed by atoms with Gasteiger partial charge in [-0.05, 0) is 12.3 Å². The fourth-order valence-electron chi connectivity index (χ4n) is 2.56. The predicted molar refractivity (Wildman–Crippen MR) is 99.4 cm³/mol. The summed E-state index contributed by atoms with van der Waals surface area (Å²) in [4.78, 5) is 23.2. The summed E-state index contributed by atoms with van der Waals surface area (Å²) in [5.74, 6) is 1.61. The monoisotopic (exact) mass is 364 g/mol. The fourth-order valence-corrected chi connectivity index (χ4v) is 3.38. The van der Waals surface area contributed by atoms with Gasteiger partial charge < -0.3 is 10.2 Å². The van der Waals surface area contributed by atoms with Gasteiger partial charge in [-0.3, -0.25) is 4.68 Å². The van der Waals surface area contributed by atoms with E-state index in [9.17, 15) is 4.79 Å². The molecular formula is C17H28N6OS. The third-order valence-corrected chi connectivity index (χ3v) is 5.07. The van der Waals surface area contributed by atoms with Crippen LogP contribution in [0.4, 0.5) is 4.79 Å². The molecule has 1 atom stereocenters. The van der Waals surface area contributed by atoms with Crippen molar-refractivity contribution in [3.8, 4) is 0 Å². The smallest absolute Gasteiger partial charge is 0.318 e. The third-order valence-electron chi connectivity index (χ3n) is 3.87. The Bertz CT molecular complexity index is 693. The highest BCUT2D eigenvalue weighted by Crippen LogP contribution is 2.21. The molecular weight excluding hydrogens is 336 g/mol. The van der Waals surface area contributed by atoms with Crippen molar-refractivity contribution in [3.63, 3.8) is 0 Å². The van der Waals surface area contributed by atoms with E-state index < -0.39 is 0 Å². The van der Waals surface area contributed by atoms with E-state index in [-0.39, 0.29) is 12.1 Å². The minimum Gasteiger partial charge on any atom is -0.328 e. The highest BCUT2D eigenvalue weighted by atomic mass is 32.1.